The molecule has 0 radical (unpaired) electrons. The second-order valence-electron chi connectivity index (χ2n) is 7.59. The molecular weight excluding hydrogens is 286 g/mol. The average molecular weight is 319 g/mol. The van der Waals surface area contributed by atoms with Crippen LogP contribution in [0.2, 0.25) is 0 Å². The normalized spacial score (nSPS) is 23.8. The summed E-state index contributed by atoms with van der Waals surface area (Å²) in [6.45, 7) is 7.11. The van der Waals surface area contributed by atoms with Gasteiger partial charge in [-0.1, -0.05) is 57.9 Å². The number of rotatable bonds is 2. The van der Waals surface area contributed by atoms with Crippen LogP contribution in [0.3, 0.4) is 0 Å². The van der Waals surface area contributed by atoms with Crippen LogP contribution in [0.4, 0.5) is 4.79 Å². The number of carbonyl (C=O) groups is 1. The summed E-state index contributed by atoms with van der Waals surface area (Å²) in [7, 11) is 0. The fraction of sp³-hybridized carbons (Fsp3) is 0.650. The fourth-order valence-electron chi connectivity index (χ4n) is 3.79. The first-order chi connectivity index (χ1) is 11.0. The van der Waals surface area contributed by atoms with E-state index in [1.54, 1.807) is 0 Å². The number of hydrogen-bond acceptors (Lipinski definition) is 1. The van der Waals surface area contributed by atoms with Gasteiger partial charge in [-0.25, -0.2) is 4.79 Å². The lowest BCUT2D eigenvalue weighted by Gasteiger charge is -2.28. The van der Waals surface area contributed by atoms with Crippen LogP contribution in [-0.4, -0.2) is 17.2 Å². The smallest absolute Gasteiger partial charge is 0.404 e. The van der Waals surface area contributed by atoms with Gasteiger partial charge in [0.15, 0.2) is 0 Å². The Morgan fingerprint density at radius 1 is 1.13 bits per heavy atom. The average Bonchev–Trinajstić information content (AvgIpc) is 2.89. The summed E-state index contributed by atoms with van der Waals surface area (Å²) in [4.78, 5) is 10.4. The molecule has 3 heteroatoms. The van der Waals surface area contributed by atoms with Crippen molar-refractivity contribution in [3.05, 3.63) is 35.4 Å². The third-order valence-corrected chi connectivity index (χ3v) is 5.38. The predicted octanol–water partition coefficient (Wildman–Crippen LogP) is 5.14. The molecule has 0 heterocycles. The highest BCUT2D eigenvalue weighted by atomic mass is 16.4. The first-order valence-corrected chi connectivity index (χ1v) is 9.02. The number of nitrogens with one attached hydrogen (secondary N) is 1. The largest absolute Gasteiger partial charge is 0.465 e. The molecule has 1 amide bonds. The Morgan fingerprint density at radius 2 is 1.65 bits per heavy atom. The molecule has 0 unspecified atom stereocenters. The van der Waals surface area contributed by atoms with Crippen molar-refractivity contribution in [2.24, 2.45) is 17.8 Å². The van der Waals surface area contributed by atoms with E-state index in [0.717, 1.165) is 30.6 Å². The summed E-state index contributed by atoms with van der Waals surface area (Å²) in [5.41, 5.74) is 2.53. The Balaban J connectivity index is 0.000000238. The molecule has 0 saturated heterocycles. The lowest BCUT2D eigenvalue weighted by atomic mass is 9.78. The molecule has 2 N–H and O–H groups in total. The standard InChI is InChI=1S/C10H11NO2.C10H20.H2/c12-10(13)11-9-5-7-3-1-2-4-8(7)6-9;1-8(2)10-6-4-9(3)5-7-10;/h1-4,9,11H,5-6H2,(H,12,13);8-10H,4-7H2,1-3H3;1H. The maximum Gasteiger partial charge on any atom is 0.404 e. The van der Waals surface area contributed by atoms with Gasteiger partial charge in [0.25, 0.3) is 0 Å². The van der Waals surface area contributed by atoms with Gasteiger partial charge < -0.3 is 10.4 Å². The Kier molecular flexibility index (Phi) is 6.49. The Hall–Kier alpha value is -1.51. The third-order valence-electron chi connectivity index (χ3n) is 5.38. The zero-order chi connectivity index (χ0) is 16.8. The van der Waals surface area contributed by atoms with Crippen LogP contribution in [0.5, 0.6) is 0 Å². The Bertz CT molecular complexity index is 485. The van der Waals surface area contributed by atoms with Gasteiger partial charge in [0, 0.05) is 7.47 Å². The molecule has 3 nitrogen and oxygen atoms in total. The van der Waals surface area contributed by atoms with Gasteiger partial charge in [-0.15, -0.1) is 0 Å². The third kappa shape index (κ3) is 5.56. The van der Waals surface area contributed by atoms with Crippen LogP contribution in [0, 0.1) is 17.8 Å². The van der Waals surface area contributed by atoms with E-state index in [0.29, 0.717) is 0 Å². The van der Waals surface area contributed by atoms with Gasteiger partial charge >= 0.3 is 6.09 Å². The molecule has 1 fully saturated rings. The van der Waals surface area contributed by atoms with Gasteiger partial charge in [-0.2, -0.15) is 0 Å². The second-order valence-corrected chi connectivity index (χ2v) is 7.59. The maximum absolute atomic E-state index is 10.4. The predicted molar refractivity (Wildman–Crippen MR) is 96.9 cm³/mol. The molecule has 0 aliphatic heterocycles. The summed E-state index contributed by atoms with van der Waals surface area (Å²) in [6.07, 6.45) is 6.63. The summed E-state index contributed by atoms with van der Waals surface area (Å²) >= 11 is 0. The molecule has 0 aromatic heterocycles. The van der Waals surface area contributed by atoms with E-state index in [-0.39, 0.29) is 7.47 Å². The van der Waals surface area contributed by atoms with Gasteiger partial charge in [-0.3, -0.25) is 0 Å². The van der Waals surface area contributed by atoms with E-state index >= 15 is 0 Å². The van der Waals surface area contributed by atoms with E-state index in [9.17, 15) is 4.79 Å². The van der Waals surface area contributed by atoms with Crippen LogP contribution < -0.4 is 5.32 Å². The minimum Gasteiger partial charge on any atom is -0.465 e. The van der Waals surface area contributed by atoms with Crippen molar-refractivity contribution in [3.63, 3.8) is 0 Å². The molecule has 2 aliphatic carbocycles. The minimum atomic E-state index is -0.933. The van der Waals surface area contributed by atoms with Crippen LogP contribution in [0.1, 0.15) is 59.0 Å². The van der Waals surface area contributed by atoms with Crippen molar-refractivity contribution < 1.29 is 11.3 Å². The monoisotopic (exact) mass is 319 g/mol. The lowest BCUT2D eigenvalue weighted by molar-refractivity contribution is 0.190. The zero-order valence-electron chi connectivity index (χ0n) is 14.7. The van der Waals surface area contributed by atoms with Crippen molar-refractivity contribution in [2.45, 2.75) is 65.3 Å². The van der Waals surface area contributed by atoms with E-state index in [4.69, 9.17) is 5.11 Å². The van der Waals surface area contributed by atoms with E-state index in [1.807, 2.05) is 12.1 Å². The van der Waals surface area contributed by atoms with Gasteiger partial charge in [-0.05, 0) is 54.6 Å². The van der Waals surface area contributed by atoms with Crippen molar-refractivity contribution in [2.75, 3.05) is 0 Å². The Labute approximate surface area is 142 Å². The van der Waals surface area contributed by atoms with Gasteiger partial charge in [0.1, 0.15) is 0 Å². The first kappa shape index (κ1) is 17.8. The van der Waals surface area contributed by atoms with Crippen LogP contribution >= 0.6 is 0 Å². The molecule has 1 aromatic carbocycles. The van der Waals surface area contributed by atoms with Crippen LogP contribution in [0.15, 0.2) is 24.3 Å². The van der Waals surface area contributed by atoms with Gasteiger partial charge in [0.2, 0.25) is 0 Å². The van der Waals surface area contributed by atoms with Crippen molar-refractivity contribution in [1.29, 1.82) is 0 Å². The van der Waals surface area contributed by atoms with E-state index < -0.39 is 6.09 Å². The summed E-state index contributed by atoms with van der Waals surface area (Å²) in [5, 5.41) is 11.0. The van der Waals surface area contributed by atoms with E-state index in [2.05, 4.69) is 38.2 Å². The van der Waals surface area contributed by atoms with Crippen molar-refractivity contribution in [1.82, 2.24) is 5.32 Å². The molecule has 0 atom stereocenters. The highest BCUT2D eigenvalue weighted by Gasteiger charge is 2.22. The summed E-state index contributed by atoms with van der Waals surface area (Å²) in [5.74, 6) is 2.97. The van der Waals surface area contributed by atoms with Crippen molar-refractivity contribution in [3.8, 4) is 0 Å². The molecule has 130 valence electrons. The minimum absolute atomic E-state index is 0. The number of fused-ring (bicyclic) bond motifs is 1. The molecule has 0 bridgehead atoms. The second kappa shape index (κ2) is 8.37. The molecule has 23 heavy (non-hydrogen) atoms. The highest BCUT2D eigenvalue weighted by Crippen LogP contribution is 2.32. The summed E-state index contributed by atoms with van der Waals surface area (Å²) < 4.78 is 0. The fourth-order valence-corrected chi connectivity index (χ4v) is 3.79. The SMILES string of the molecule is CC1CCC(C(C)C)CC1.O=C(O)NC1Cc2ccccc2C1.[HH]. The quantitative estimate of drug-likeness (QED) is 0.793. The molecule has 3 rings (SSSR count). The number of amides is 1. The molecular formula is C20H33NO2. The summed E-state index contributed by atoms with van der Waals surface area (Å²) in [6, 6.07) is 8.15. The number of benzene rings is 1. The van der Waals surface area contributed by atoms with Gasteiger partial charge in [0.05, 0.1) is 0 Å². The van der Waals surface area contributed by atoms with Crippen LogP contribution in [-0.2, 0) is 12.8 Å². The Morgan fingerprint density at radius 3 is 2.09 bits per heavy atom. The first-order valence-electron chi connectivity index (χ1n) is 9.02. The molecule has 1 aromatic rings. The van der Waals surface area contributed by atoms with Crippen molar-refractivity contribution >= 4 is 6.09 Å². The molecule has 2 aliphatic rings. The number of hydrogen-bond donors (Lipinski definition) is 2. The molecule has 0 spiro atoms. The topological polar surface area (TPSA) is 49.3 Å². The zero-order valence-corrected chi connectivity index (χ0v) is 14.7. The van der Waals surface area contributed by atoms with E-state index in [1.165, 1.54) is 36.8 Å². The van der Waals surface area contributed by atoms with Crippen LogP contribution in [0.25, 0.3) is 0 Å². The maximum atomic E-state index is 10.4. The highest BCUT2D eigenvalue weighted by molar-refractivity contribution is 5.65. The molecule has 1 saturated carbocycles. The number of carboxylic acid groups (broad SMARTS) is 1. The lowest BCUT2D eigenvalue weighted by Crippen LogP contribution is -2.33.